The predicted octanol–water partition coefficient (Wildman–Crippen LogP) is 5.30. The Balaban J connectivity index is 1.78. The average Bonchev–Trinajstić information content (AvgIpc) is 3.06. The van der Waals surface area contributed by atoms with Crippen molar-refractivity contribution in [2.24, 2.45) is 0 Å². The van der Waals surface area contributed by atoms with Gasteiger partial charge >= 0.3 is 5.97 Å². The minimum absolute atomic E-state index is 0.0567. The number of nitrogens with zero attached hydrogens (tertiary/aromatic N) is 1. The zero-order chi connectivity index (χ0) is 24.2. The van der Waals surface area contributed by atoms with Crippen LogP contribution in [0, 0.1) is 12.7 Å². The van der Waals surface area contributed by atoms with Gasteiger partial charge in [0, 0.05) is 4.90 Å². The van der Waals surface area contributed by atoms with Crippen LogP contribution in [0.1, 0.15) is 22.8 Å². The highest BCUT2D eigenvalue weighted by molar-refractivity contribution is 8.04. The van der Waals surface area contributed by atoms with E-state index in [1.165, 1.54) is 30.3 Å². The minimum atomic E-state index is -0.695. The molecule has 0 fully saturated rings. The number of halogens is 1. The van der Waals surface area contributed by atoms with E-state index in [2.05, 4.69) is 5.32 Å². The van der Waals surface area contributed by atoms with Crippen molar-refractivity contribution in [1.82, 2.24) is 0 Å². The van der Waals surface area contributed by atoms with Crippen molar-refractivity contribution in [2.75, 3.05) is 16.8 Å². The fraction of sp³-hybridized carbons (Fsp3) is 0.115. The van der Waals surface area contributed by atoms with Crippen LogP contribution in [0.2, 0.25) is 0 Å². The Morgan fingerprint density at radius 2 is 1.65 bits per heavy atom. The topological polar surface area (TPSA) is 75.7 Å². The average molecular weight is 477 g/mol. The summed E-state index contributed by atoms with van der Waals surface area (Å²) in [5, 5.41) is 2.80. The van der Waals surface area contributed by atoms with Gasteiger partial charge in [-0.15, -0.1) is 0 Å². The van der Waals surface area contributed by atoms with Gasteiger partial charge in [-0.25, -0.2) is 14.1 Å². The number of hydrogen-bond acceptors (Lipinski definition) is 6. The summed E-state index contributed by atoms with van der Waals surface area (Å²) in [6.07, 6.45) is 0. The number of esters is 1. The van der Waals surface area contributed by atoms with Crippen molar-refractivity contribution in [2.45, 2.75) is 18.7 Å². The Kier molecular flexibility index (Phi) is 6.79. The number of carbonyl (C=O) groups excluding carboxylic acids is 3. The number of nitrogens with one attached hydrogen (secondary N) is 1. The number of para-hydroxylation sites is 2. The van der Waals surface area contributed by atoms with Gasteiger partial charge in [-0.1, -0.05) is 53.7 Å². The molecule has 34 heavy (non-hydrogen) atoms. The molecule has 1 heterocycles. The lowest BCUT2D eigenvalue weighted by molar-refractivity contribution is -0.120. The highest BCUT2D eigenvalue weighted by Gasteiger charge is 2.42. The maximum Gasteiger partial charge on any atom is 0.340 e. The van der Waals surface area contributed by atoms with Crippen molar-refractivity contribution < 1.29 is 23.5 Å². The summed E-state index contributed by atoms with van der Waals surface area (Å²) in [6, 6.07) is 19.6. The van der Waals surface area contributed by atoms with Crippen molar-refractivity contribution in [3.8, 4) is 0 Å². The molecule has 0 spiro atoms. The summed E-state index contributed by atoms with van der Waals surface area (Å²) in [4.78, 5) is 41.3. The SMILES string of the molecule is CCOC(=O)c1ccccc1N1C(=O)C(Nc2ccccc2F)=C(Sc2ccc(C)cc2)C1=O. The molecule has 0 saturated carbocycles. The van der Waals surface area contributed by atoms with Crippen LogP contribution in [0.25, 0.3) is 0 Å². The Morgan fingerprint density at radius 3 is 2.35 bits per heavy atom. The molecule has 0 aromatic heterocycles. The Morgan fingerprint density at radius 1 is 0.971 bits per heavy atom. The third-order valence-corrected chi connectivity index (χ3v) is 6.15. The number of hydrogen-bond donors (Lipinski definition) is 1. The van der Waals surface area contributed by atoms with Crippen molar-refractivity contribution in [1.29, 1.82) is 0 Å². The summed E-state index contributed by atoms with van der Waals surface area (Å²) in [6.45, 7) is 3.75. The number of aryl methyl sites for hydroxylation is 1. The van der Waals surface area contributed by atoms with Crippen LogP contribution < -0.4 is 10.2 Å². The second-order valence-electron chi connectivity index (χ2n) is 7.41. The summed E-state index contributed by atoms with van der Waals surface area (Å²) < 4.78 is 19.5. The summed E-state index contributed by atoms with van der Waals surface area (Å²) in [5.74, 6) is -2.53. The quantitative estimate of drug-likeness (QED) is 0.368. The summed E-state index contributed by atoms with van der Waals surface area (Å²) in [7, 11) is 0. The van der Waals surface area contributed by atoms with Crippen LogP contribution >= 0.6 is 11.8 Å². The predicted molar refractivity (Wildman–Crippen MR) is 129 cm³/mol. The Bertz CT molecular complexity index is 1300. The van der Waals surface area contributed by atoms with E-state index in [1.54, 1.807) is 25.1 Å². The molecule has 2 amide bonds. The van der Waals surface area contributed by atoms with E-state index in [1.807, 2.05) is 31.2 Å². The first-order valence-corrected chi connectivity index (χ1v) is 11.4. The van der Waals surface area contributed by atoms with Gasteiger partial charge in [0.25, 0.3) is 11.8 Å². The van der Waals surface area contributed by atoms with Gasteiger partial charge < -0.3 is 10.1 Å². The molecule has 0 aliphatic carbocycles. The van der Waals surface area contributed by atoms with Crippen molar-refractivity contribution >= 4 is 40.9 Å². The van der Waals surface area contributed by atoms with Gasteiger partial charge in [-0.3, -0.25) is 9.59 Å². The lowest BCUT2D eigenvalue weighted by Gasteiger charge is -2.18. The number of ether oxygens (including phenoxy) is 1. The molecule has 0 saturated heterocycles. The molecular formula is C26H21FN2O4S. The molecule has 4 rings (SSSR count). The van der Waals surface area contributed by atoms with E-state index in [9.17, 15) is 18.8 Å². The smallest absolute Gasteiger partial charge is 0.340 e. The van der Waals surface area contributed by atoms with Crippen LogP contribution in [-0.4, -0.2) is 24.4 Å². The maximum absolute atomic E-state index is 14.4. The molecule has 0 unspecified atom stereocenters. The van der Waals surface area contributed by atoms with Gasteiger partial charge in [-0.05, 0) is 50.2 Å². The monoisotopic (exact) mass is 476 g/mol. The second-order valence-corrected chi connectivity index (χ2v) is 8.49. The molecule has 0 atom stereocenters. The van der Waals surface area contributed by atoms with Crippen LogP contribution in [0.5, 0.6) is 0 Å². The highest BCUT2D eigenvalue weighted by atomic mass is 32.2. The first kappa shape index (κ1) is 23.3. The van der Waals surface area contributed by atoms with Gasteiger partial charge in [0.05, 0.1) is 23.5 Å². The molecule has 0 radical (unpaired) electrons. The van der Waals surface area contributed by atoms with E-state index in [4.69, 9.17) is 4.74 Å². The zero-order valence-corrected chi connectivity index (χ0v) is 19.3. The van der Waals surface area contributed by atoms with Gasteiger partial charge in [-0.2, -0.15) is 0 Å². The lowest BCUT2D eigenvalue weighted by Crippen LogP contribution is -2.33. The Labute approximate surface area is 200 Å². The molecule has 1 N–H and O–H groups in total. The zero-order valence-electron chi connectivity index (χ0n) is 18.5. The van der Waals surface area contributed by atoms with Crippen LogP contribution in [0.4, 0.5) is 15.8 Å². The van der Waals surface area contributed by atoms with Crippen molar-refractivity contribution in [3.63, 3.8) is 0 Å². The molecular weight excluding hydrogens is 455 g/mol. The summed E-state index contributed by atoms with van der Waals surface area (Å²) in [5.41, 5.74) is 1.21. The number of anilines is 2. The molecule has 8 heteroatoms. The fourth-order valence-electron chi connectivity index (χ4n) is 3.40. The largest absolute Gasteiger partial charge is 0.462 e. The molecule has 3 aromatic carbocycles. The molecule has 1 aliphatic rings. The van der Waals surface area contributed by atoms with Gasteiger partial charge in [0.15, 0.2) is 0 Å². The third-order valence-electron chi connectivity index (χ3n) is 5.06. The van der Waals surface area contributed by atoms with E-state index in [-0.39, 0.29) is 34.1 Å². The Hall–Kier alpha value is -3.91. The number of rotatable bonds is 7. The first-order valence-electron chi connectivity index (χ1n) is 10.6. The van der Waals surface area contributed by atoms with E-state index in [0.29, 0.717) is 0 Å². The van der Waals surface area contributed by atoms with Gasteiger partial charge in [0.2, 0.25) is 0 Å². The summed E-state index contributed by atoms with van der Waals surface area (Å²) >= 11 is 1.09. The normalized spacial score (nSPS) is 13.4. The number of amides is 2. The van der Waals surface area contributed by atoms with Crippen LogP contribution in [0.15, 0.2) is 88.3 Å². The maximum atomic E-state index is 14.4. The van der Waals surface area contributed by atoms with Gasteiger partial charge in [0.1, 0.15) is 16.4 Å². The molecule has 0 bridgehead atoms. The minimum Gasteiger partial charge on any atom is -0.462 e. The third kappa shape index (κ3) is 4.58. The van der Waals surface area contributed by atoms with Crippen LogP contribution in [-0.2, 0) is 14.3 Å². The van der Waals surface area contributed by atoms with E-state index >= 15 is 0 Å². The second kappa shape index (κ2) is 9.93. The van der Waals surface area contributed by atoms with E-state index < -0.39 is 23.6 Å². The first-order chi connectivity index (χ1) is 16.4. The van der Waals surface area contributed by atoms with Crippen molar-refractivity contribution in [3.05, 3.63) is 100 Å². The number of imide groups is 1. The van der Waals surface area contributed by atoms with Crippen LogP contribution in [0.3, 0.4) is 0 Å². The van der Waals surface area contributed by atoms with E-state index in [0.717, 1.165) is 27.1 Å². The highest BCUT2D eigenvalue weighted by Crippen LogP contribution is 2.39. The molecule has 3 aromatic rings. The standard InChI is InChI=1S/C26H21FN2O4S/c1-3-33-26(32)18-8-4-7-11-21(18)29-24(30)22(28-20-10-6-5-9-19(20)27)23(25(29)31)34-17-14-12-16(2)13-15-17/h4-15,28H,3H2,1-2H3. The lowest BCUT2D eigenvalue weighted by atomic mass is 10.1. The molecule has 172 valence electrons. The number of thioether (sulfide) groups is 1. The molecule has 1 aliphatic heterocycles. The fourth-order valence-corrected chi connectivity index (χ4v) is 4.33. The molecule has 6 nitrogen and oxygen atoms in total. The number of carbonyl (C=O) groups is 3. The number of benzene rings is 3.